The summed E-state index contributed by atoms with van der Waals surface area (Å²) >= 11 is 0. The predicted molar refractivity (Wildman–Crippen MR) is 81.1 cm³/mol. The second-order valence-electron chi connectivity index (χ2n) is 5.85. The molecule has 1 aromatic carbocycles. The van der Waals surface area contributed by atoms with E-state index in [-0.39, 0.29) is 12.5 Å². The van der Waals surface area contributed by atoms with Crippen molar-refractivity contribution in [1.29, 1.82) is 0 Å². The molecule has 0 atom stereocenters. The van der Waals surface area contributed by atoms with E-state index in [0.29, 0.717) is 6.04 Å². The summed E-state index contributed by atoms with van der Waals surface area (Å²) in [5.74, 6) is 0.887. The zero-order valence-electron chi connectivity index (χ0n) is 12.8. The Hall–Kier alpha value is -1.51. The number of benzene rings is 1. The highest BCUT2D eigenvalue weighted by molar-refractivity contribution is 5.77. The molecule has 3 nitrogen and oxygen atoms in total. The minimum atomic E-state index is 0.0804. The highest BCUT2D eigenvalue weighted by atomic mass is 16.5. The molecule has 0 aliphatic heterocycles. The normalized spacial score (nSPS) is 15.9. The maximum Gasteiger partial charge on any atom is 0.260 e. The van der Waals surface area contributed by atoms with E-state index < -0.39 is 0 Å². The van der Waals surface area contributed by atoms with Crippen LogP contribution >= 0.6 is 0 Å². The molecule has 20 heavy (non-hydrogen) atoms. The lowest BCUT2D eigenvalue weighted by Crippen LogP contribution is -2.40. The minimum Gasteiger partial charge on any atom is -0.484 e. The van der Waals surface area contributed by atoms with Gasteiger partial charge in [0.1, 0.15) is 5.75 Å². The van der Waals surface area contributed by atoms with Crippen molar-refractivity contribution in [2.45, 2.75) is 52.0 Å². The van der Waals surface area contributed by atoms with E-state index in [1.54, 1.807) is 0 Å². The topological polar surface area (TPSA) is 29.5 Å². The molecule has 0 saturated heterocycles. The van der Waals surface area contributed by atoms with Crippen LogP contribution in [0.3, 0.4) is 0 Å². The molecule has 0 radical (unpaired) electrons. The molecule has 0 unspecified atom stereocenters. The van der Waals surface area contributed by atoms with Gasteiger partial charge in [0.2, 0.25) is 0 Å². The number of likely N-dealkylation sites (N-methyl/N-ethyl adjacent to an activating group) is 1. The third-order valence-electron chi connectivity index (χ3n) is 4.20. The van der Waals surface area contributed by atoms with Gasteiger partial charge in [0.25, 0.3) is 5.91 Å². The van der Waals surface area contributed by atoms with Gasteiger partial charge in [-0.25, -0.2) is 0 Å². The predicted octanol–water partition coefficient (Wildman–Crippen LogP) is 3.47. The van der Waals surface area contributed by atoms with E-state index in [1.165, 1.54) is 24.8 Å². The lowest BCUT2D eigenvalue weighted by atomic mass is 9.94. The Balaban J connectivity index is 1.87. The molecular formula is C17H25NO2. The first-order valence-corrected chi connectivity index (χ1v) is 7.53. The zero-order chi connectivity index (χ0) is 14.5. The number of hydrogen-bond donors (Lipinski definition) is 0. The summed E-state index contributed by atoms with van der Waals surface area (Å²) in [7, 11) is 1.91. The van der Waals surface area contributed by atoms with E-state index in [4.69, 9.17) is 4.74 Å². The van der Waals surface area contributed by atoms with Crippen LogP contribution in [0.15, 0.2) is 18.2 Å². The summed E-state index contributed by atoms with van der Waals surface area (Å²) in [6.45, 7) is 4.20. The van der Waals surface area contributed by atoms with Crippen LogP contribution in [0.2, 0.25) is 0 Å². The van der Waals surface area contributed by atoms with Crippen LogP contribution in [0.1, 0.15) is 43.2 Å². The molecule has 1 aliphatic carbocycles. The van der Waals surface area contributed by atoms with Crippen molar-refractivity contribution in [1.82, 2.24) is 4.90 Å². The Bertz CT molecular complexity index is 464. The highest BCUT2D eigenvalue weighted by Gasteiger charge is 2.22. The fourth-order valence-corrected chi connectivity index (χ4v) is 2.87. The van der Waals surface area contributed by atoms with Crippen molar-refractivity contribution in [2.75, 3.05) is 13.7 Å². The van der Waals surface area contributed by atoms with Gasteiger partial charge in [0, 0.05) is 13.1 Å². The third kappa shape index (κ3) is 3.75. The van der Waals surface area contributed by atoms with Crippen LogP contribution in [0.25, 0.3) is 0 Å². The third-order valence-corrected chi connectivity index (χ3v) is 4.20. The maximum absolute atomic E-state index is 12.2. The van der Waals surface area contributed by atoms with Crippen LogP contribution in [0.5, 0.6) is 5.75 Å². The van der Waals surface area contributed by atoms with Crippen LogP contribution in [-0.2, 0) is 4.79 Å². The number of carbonyl (C=O) groups is 1. The molecule has 3 heteroatoms. The molecule has 1 aliphatic rings. The lowest BCUT2D eigenvalue weighted by Gasteiger charge is -2.31. The fourth-order valence-electron chi connectivity index (χ4n) is 2.87. The number of nitrogens with zero attached hydrogens (tertiary/aromatic N) is 1. The van der Waals surface area contributed by atoms with Gasteiger partial charge in [-0.1, -0.05) is 37.0 Å². The van der Waals surface area contributed by atoms with Crippen molar-refractivity contribution in [3.05, 3.63) is 29.3 Å². The molecule has 0 bridgehead atoms. The van der Waals surface area contributed by atoms with E-state index >= 15 is 0 Å². The molecule has 2 rings (SSSR count). The lowest BCUT2D eigenvalue weighted by molar-refractivity contribution is -0.134. The Labute approximate surface area is 121 Å². The number of carbonyl (C=O) groups excluding carboxylic acids is 1. The van der Waals surface area contributed by atoms with Crippen LogP contribution in [-0.4, -0.2) is 30.5 Å². The van der Waals surface area contributed by atoms with Crippen molar-refractivity contribution < 1.29 is 9.53 Å². The van der Waals surface area contributed by atoms with Gasteiger partial charge in [0.15, 0.2) is 6.61 Å². The number of aryl methyl sites for hydroxylation is 2. The van der Waals surface area contributed by atoms with Gasteiger partial charge in [-0.3, -0.25) is 4.79 Å². The Morgan fingerprint density at radius 3 is 2.60 bits per heavy atom. The summed E-state index contributed by atoms with van der Waals surface area (Å²) in [5, 5.41) is 0. The van der Waals surface area contributed by atoms with E-state index in [1.807, 2.05) is 31.0 Å². The molecule has 1 saturated carbocycles. The average molecular weight is 275 g/mol. The zero-order valence-corrected chi connectivity index (χ0v) is 12.8. The van der Waals surface area contributed by atoms with Crippen molar-refractivity contribution in [2.24, 2.45) is 0 Å². The van der Waals surface area contributed by atoms with Gasteiger partial charge >= 0.3 is 0 Å². The SMILES string of the molecule is Cc1ccc(OCC(=O)N(C)C2CCCCC2)c(C)c1. The fraction of sp³-hybridized carbons (Fsp3) is 0.588. The van der Waals surface area contributed by atoms with Gasteiger partial charge in [-0.15, -0.1) is 0 Å². The molecule has 1 aromatic rings. The Morgan fingerprint density at radius 1 is 1.25 bits per heavy atom. The standard InChI is InChI=1S/C17H25NO2/c1-13-9-10-16(14(2)11-13)20-12-17(19)18(3)15-7-5-4-6-8-15/h9-11,15H,4-8,12H2,1-3H3. The molecule has 1 amide bonds. The first-order chi connectivity index (χ1) is 9.58. The summed E-state index contributed by atoms with van der Waals surface area (Å²) in [5.41, 5.74) is 2.29. The van der Waals surface area contributed by atoms with Gasteiger partial charge in [-0.2, -0.15) is 0 Å². The second-order valence-corrected chi connectivity index (χ2v) is 5.85. The summed E-state index contributed by atoms with van der Waals surface area (Å²) < 4.78 is 5.67. The summed E-state index contributed by atoms with van der Waals surface area (Å²) in [6.07, 6.45) is 6.04. The molecule has 0 heterocycles. The van der Waals surface area contributed by atoms with Crippen LogP contribution in [0, 0.1) is 13.8 Å². The monoisotopic (exact) mass is 275 g/mol. The molecule has 110 valence electrons. The highest BCUT2D eigenvalue weighted by Crippen LogP contribution is 2.22. The Morgan fingerprint density at radius 2 is 1.95 bits per heavy atom. The van der Waals surface area contributed by atoms with E-state index in [0.717, 1.165) is 24.2 Å². The van der Waals surface area contributed by atoms with Crippen LogP contribution < -0.4 is 4.74 Å². The van der Waals surface area contributed by atoms with Crippen molar-refractivity contribution >= 4 is 5.91 Å². The first-order valence-electron chi connectivity index (χ1n) is 7.53. The van der Waals surface area contributed by atoms with Gasteiger partial charge < -0.3 is 9.64 Å². The molecular weight excluding hydrogens is 250 g/mol. The number of ether oxygens (including phenoxy) is 1. The number of hydrogen-bond acceptors (Lipinski definition) is 2. The number of amides is 1. The molecule has 1 fully saturated rings. The van der Waals surface area contributed by atoms with Crippen molar-refractivity contribution in [3.8, 4) is 5.75 Å². The second kappa shape index (κ2) is 6.78. The van der Waals surface area contributed by atoms with Gasteiger partial charge in [0.05, 0.1) is 0 Å². The largest absolute Gasteiger partial charge is 0.484 e. The molecule has 0 N–H and O–H groups in total. The average Bonchev–Trinajstić information content (AvgIpc) is 2.46. The van der Waals surface area contributed by atoms with E-state index in [2.05, 4.69) is 13.0 Å². The maximum atomic E-state index is 12.2. The first kappa shape index (κ1) is 14.9. The van der Waals surface area contributed by atoms with E-state index in [9.17, 15) is 4.79 Å². The Kier molecular flexibility index (Phi) is 5.05. The number of rotatable bonds is 4. The molecule has 0 aromatic heterocycles. The smallest absolute Gasteiger partial charge is 0.260 e. The van der Waals surface area contributed by atoms with Gasteiger partial charge in [-0.05, 0) is 38.3 Å². The quantitative estimate of drug-likeness (QED) is 0.842. The van der Waals surface area contributed by atoms with Crippen molar-refractivity contribution in [3.63, 3.8) is 0 Å². The van der Waals surface area contributed by atoms with Crippen LogP contribution in [0.4, 0.5) is 0 Å². The summed E-state index contributed by atoms with van der Waals surface area (Å²) in [6, 6.07) is 6.43. The summed E-state index contributed by atoms with van der Waals surface area (Å²) in [4.78, 5) is 14.1. The minimum absolute atomic E-state index is 0.0804. The molecule has 0 spiro atoms.